The number of nitrogens with zero attached hydrogens (tertiary/aromatic N) is 3. The van der Waals surface area contributed by atoms with Gasteiger partial charge in [-0.2, -0.15) is 0 Å². The molecule has 0 N–H and O–H groups in total. The van der Waals surface area contributed by atoms with E-state index >= 15 is 0 Å². The maximum atomic E-state index is 12.1. The fraction of sp³-hybridized carbons (Fsp3) is 0.667. The molecular formula is C21H33N3O2. The number of ether oxygens (including phenoxy) is 1. The first-order valence-electron chi connectivity index (χ1n) is 9.66. The highest BCUT2D eigenvalue weighted by Gasteiger charge is 2.41. The monoisotopic (exact) mass is 359 g/mol. The van der Waals surface area contributed by atoms with Gasteiger partial charge in [-0.25, -0.2) is 0 Å². The van der Waals surface area contributed by atoms with Crippen LogP contribution in [0.3, 0.4) is 0 Å². The number of likely N-dealkylation sites (N-methyl/N-ethyl adjacent to an activating group) is 1. The summed E-state index contributed by atoms with van der Waals surface area (Å²) in [4.78, 5) is 19.1. The SMILES string of the molecule is COc1cc(C)c(CN2CCN(C)[C@]3(CCC(=O)N(C)CC3)C2)cc1C. The Morgan fingerprint density at radius 3 is 2.58 bits per heavy atom. The molecule has 26 heavy (non-hydrogen) atoms. The van der Waals surface area contributed by atoms with Gasteiger partial charge < -0.3 is 9.64 Å². The van der Waals surface area contributed by atoms with Crippen molar-refractivity contribution in [2.45, 2.75) is 45.2 Å². The number of amides is 1. The van der Waals surface area contributed by atoms with E-state index in [9.17, 15) is 4.79 Å². The molecule has 0 unspecified atom stereocenters. The summed E-state index contributed by atoms with van der Waals surface area (Å²) in [6.45, 7) is 9.28. The molecule has 0 bridgehead atoms. The number of hydrogen-bond acceptors (Lipinski definition) is 4. The molecule has 2 aliphatic heterocycles. The van der Waals surface area contributed by atoms with Crippen molar-refractivity contribution in [1.82, 2.24) is 14.7 Å². The summed E-state index contributed by atoms with van der Waals surface area (Å²) in [5, 5.41) is 0. The Kier molecular flexibility index (Phi) is 5.58. The maximum Gasteiger partial charge on any atom is 0.222 e. The highest BCUT2D eigenvalue weighted by Crippen LogP contribution is 2.33. The average molecular weight is 360 g/mol. The summed E-state index contributed by atoms with van der Waals surface area (Å²) in [6.07, 6.45) is 2.68. The first-order valence-corrected chi connectivity index (χ1v) is 9.66. The molecule has 5 heteroatoms. The summed E-state index contributed by atoms with van der Waals surface area (Å²) in [7, 11) is 5.90. The van der Waals surface area contributed by atoms with Crippen LogP contribution in [0.25, 0.3) is 0 Å². The molecule has 144 valence electrons. The van der Waals surface area contributed by atoms with Crippen LogP contribution in [-0.2, 0) is 11.3 Å². The Balaban J connectivity index is 1.76. The van der Waals surface area contributed by atoms with Gasteiger partial charge in [0.15, 0.2) is 0 Å². The van der Waals surface area contributed by atoms with E-state index in [1.165, 1.54) is 16.7 Å². The summed E-state index contributed by atoms with van der Waals surface area (Å²) in [6, 6.07) is 4.42. The standard InChI is InChI=1S/C21H33N3O2/c1-16-13-19(26-5)17(2)12-18(16)14-24-11-10-23(4)21(15-24)7-6-20(25)22(3)9-8-21/h12-13H,6-11,14-15H2,1-5H3/t21-/m0/s1. The van der Waals surface area contributed by atoms with Gasteiger partial charge in [0.25, 0.3) is 0 Å². The molecule has 2 saturated heterocycles. The molecule has 1 aromatic carbocycles. The second-order valence-electron chi connectivity index (χ2n) is 8.17. The maximum absolute atomic E-state index is 12.1. The van der Waals surface area contributed by atoms with E-state index in [4.69, 9.17) is 4.74 Å². The first kappa shape index (κ1) is 19.2. The highest BCUT2D eigenvalue weighted by atomic mass is 16.5. The van der Waals surface area contributed by atoms with Crippen LogP contribution in [0.5, 0.6) is 5.75 Å². The number of benzene rings is 1. The minimum absolute atomic E-state index is 0.119. The van der Waals surface area contributed by atoms with Crippen LogP contribution < -0.4 is 4.74 Å². The number of carbonyl (C=O) groups excluding carboxylic acids is 1. The van der Waals surface area contributed by atoms with Crippen molar-refractivity contribution in [3.8, 4) is 5.75 Å². The predicted octanol–water partition coefficient (Wildman–Crippen LogP) is 2.44. The van der Waals surface area contributed by atoms with Crippen molar-refractivity contribution in [2.24, 2.45) is 0 Å². The Morgan fingerprint density at radius 2 is 1.85 bits per heavy atom. The van der Waals surface area contributed by atoms with Crippen molar-refractivity contribution in [1.29, 1.82) is 0 Å². The molecule has 1 aromatic rings. The van der Waals surface area contributed by atoms with E-state index in [2.05, 4.69) is 42.8 Å². The zero-order valence-corrected chi connectivity index (χ0v) is 17.0. The topological polar surface area (TPSA) is 36.0 Å². The average Bonchev–Trinajstić information content (AvgIpc) is 2.75. The van der Waals surface area contributed by atoms with Crippen molar-refractivity contribution in [3.05, 3.63) is 28.8 Å². The number of hydrogen-bond donors (Lipinski definition) is 0. The van der Waals surface area contributed by atoms with Gasteiger partial charge in [-0.1, -0.05) is 6.07 Å². The molecule has 0 aliphatic carbocycles. The smallest absolute Gasteiger partial charge is 0.222 e. The zero-order chi connectivity index (χ0) is 18.9. The number of piperazine rings is 1. The predicted molar refractivity (Wildman–Crippen MR) is 105 cm³/mol. The largest absolute Gasteiger partial charge is 0.496 e. The molecule has 0 saturated carbocycles. The van der Waals surface area contributed by atoms with Crippen LogP contribution in [0, 0.1) is 13.8 Å². The first-order chi connectivity index (χ1) is 12.3. The molecule has 5 nitrogen and oxygen atoms in total. The zero-order valence-electron chi connectivity index (χ0n) is 17.0. The number of likely N-dealkylation sites (tertiary alicyclic amines) is 1. The lowest BCUT2D eigenvalue weighted by Crippen LogP contribution is -2.60. The molecule has 0 aromatic heterocycles. The molecule has 2 heterocycles. The number of carbonyl (C=O) groups is 1. The third kappa shape index (κ3) is 3.74. The molecule has 3 rings (SSSR count). The van der Waals surface area contributed by atoms with Gasteiger partial charge in [0, 0.05) is 51.7 Å². The van der Waals surface area contributed by atoms with E-state index in [1.54, 1.807) is 7.11 Å². The number of methoxy groups -OCH3 is 1. The molecule has 2 fully saturated rings. The van der Waals surface area contributed by atoms with Gasteiger partial charge in [0.2, 0.25) is 5.91 Å². The van der Waals surface area contributed by atoms with E-state index in [-0.39, 0.29) is 11.4 Å². The van der Waals surface area contributed by atoms with Crippen LogP contribution in [0.15, 0.2) is 12.1 Å². The second-order valence-corrected chi connectivity index (χ2v) is 8.17. The molecule has 2 aliphatic rings. The van der Waals surface area contributed by atoms with Crippen LogP contribution in [0.1, 0.15) is 36.0 Å². The van der Waals surface area contributed by atoms with E-state index < -0.39 is 0 Å². The number of rotatable bonds is 3. The molecule has 1 spiro atoms. The molecule has 0 radical (unpaired) electrons. The molecule has 1 amide bonds. The van der Waals surface area contributed by atoms with Gasteiger partial charge in [0.05, 0.1) is 7.11 Å². The van der Waals surface area contributed by atoms with Gasteiger partial charge in [-0.05, 0) is 56.5 Å². The minimum Gasteiger partial charge on any atom is -0.496 e. The minimum atomic E-state index is 0.119. The molecular weight excluding hydrogens is 326 g/mol. The fourth-order valence-corrected chi connectivity index (χ4v) is 4.46. The highest BCUT2D eigenvalue weighted by molar-refractivity contribution is 5.76. The van der Waals surface area contributed by atoms with Crippen LogP contribution in [0.2, 0.25) is 0 Å². The van der Waals surface area contributed by atoms with E-state index in [1.807, 2.05) is 11.9 Å². The fourth-order valence-electron chi connectivity index (χ4n) is 4.46. The lowest BCUT2D eigenvalue weighted by atomic mass is 9.86. The van der Waals surface area contributed by atoms with Gasteiger partial charge in [-0.3, -0.25) is 14.6 Å². The van der Waals surface area contributed by atoms with E-state index in [0.29, 0.717) is 6.42 Å². The summed E-state index contributed by atoms with van der Waals surface area (Å²) in [5.41, 5.74) is 3.98. The van der Waals surface area contributed by atoms with Crippen LogP contribution in [0.4, 0.5) is 0 Å². The Bertz CT molecular complexity index is 675. The third-order valence-electron chi connectivity index (χ3n) is 6.47. The number of aryl methyl sites for hydroxylation is 2. The third-order valence-corrected chi connectivity index (χ3v) is 6.47. The van der Waals surface area contributed by atoms with Crippen LogP contribution in [-0.4, -0.2) is 73.5 Å². The van der Waals surface area contributed by atoms with Crippen molar-refractivity contribution >= 4 is 5.91 Å². The Labute approximate surface area is 157 Å². The Morgan fingerprint density at radius 1 is 1.08 bits per heavy atom. The van der Waals surface area contributed by atoms with Crippen LogP contribution >= 0.6 is 0 Å². The summed E-state index contributed by atoms with van der Waals surface area (Å²) < 4.78 is 5.45. The Hall–Kier alpha value is -1.59. The lowest BCUT2D eigenvalue weighted by molar-refractivity contribution is -0.129. The van der Waals surface area contributed by atoms with Gasteiger partial charge in [0.1, 0.15) is 5.75 Å². The van der Waals surface area contributed by atoms with Gasteiger partial charge in [-0.15, -0.1) is 0 Å². The lowest BCUT2D eigenvalue weighted by Gasteiger charge is -2.49. The summed E-state index contributed by atoms with van der Waals surface area (Å²) >= 11 is 0. The summed E-state index contributed by atoms with van der Waals surface area (Å²) in [5.74, 6) is 1.25. The molecule has 1 atom stereocenters. The normalized spacial score (nSPS) is 25.6. The second kappa shape index (κ2) is 7.57. The van der Waals surface area contributed by atoms with Crippen molar-refractivity contribution in [3.63, 3.8) is 0 Å². The van der Waals surface area contributed by atoms with Crippen molar-refractivity contribution < 1.29 is 9.53 Å². The van der Waals surface area contributed by atoms with Crippen molar-refractivity contribution in [2.75, 3.05) is 47.4 Å². The quantitative estimate of drug-likeness (QED) is 0.831. The van der Waals surface area contributed by atoms with E-state index in [0.717, 1.165) is 51.3 Å². The van der Waals surface area contributed by atoms with Gasteiger partial charge >= 0.3 is 0 Å².